The van der Waals surface area contributed by atoms with E-state index in [1.54, 1.807) is 23.9 Å². The van der Waals surface area contributed by atoms with Crippen molar-refractivity contribution in [2.45, 2.75) is 26.7 Å². The number of aryl methyl sites for hydroxylation is 2. The lowest BCUT2D eigenvalue weighted by Crippen LogP contribution is -2.44. The van der Waals surface area contributed by atoms with Gasteiger partial charge in [-0.2, -0.15) is 0 Å². The topological polar surface area (TPSA) is 49.9 Å². The number of piperidine rings is 1. The molecule has 0 N–H and O–H groups in total. The summed E-state index contributed by atoms with van der Waals surface area (Å²) in [5.41, 5.74) is 2.07. The van der Waals surface area contributed by atoms with Crippen LogP contribution in [0, 0.1) is 19.8 Å². The van der Waals surface area contributed by atoms with Crippen LogP contribution in [-0.2, 0) is 9.59 Å². The lowest BCUT2D eigenvalue weighted by molar-refractivity contribution is -0.140. The molecular weight excluding hydrogens is 292 g/mol. The predicted molar refractivity (Wildman–Crippen MR) is 89.4 cm³/mol. The number of hydrogen-bond donors (Lipinski definition) is 0. The zero-order chi connectivity index (χ0) is 17.0. The van der Waals surface area contributed by atoms with Crippen LogP contribution in [0.3, 0.4) is 0 Å². The molecule has 23 heavy (non-hydrogen) atoms. The summed E-state index contributed by atoms with van der Waals surface area (Å²) in [6, 6.07) is 5.93. The molecule has 1 heterocycles. The minimum absolute atomic E-state index is 0.0107. The summed E-state index contributed by atoms with van der Waals surface area (Å²) in [6.45, 7) is 5.26. The van der Waals surface area contributed by atoms with Gasteiger partial charge >= 0.3 is 0 Å². The van der Waals surface area contributed by atoms with Crippen LogP contribution < -0.4 is 4.74 Å². The number of carbonyl (C=O) groups excluding carboxylic acids is 2. The van der Waals surface area contributed by atoms with E-state index in [1.807, 2.05) is 32.0 Å². The van der Waals surface area contributed by atoms with Crippen LogP contribution in [0.25, 0.3) is 0 Å². The van der Waals surface area contributed by atoms with Gasteiger partial charge in [0.15, 0.2) is 6.61 Å². The number of ether oxygens (including phenoxy) is 1. The molecule has 1 aromatic carbocycles. The molecule has 5 nitrogen and oxygen atoms in total. The Morgan fingerprint density at radius 3 is 2.26 bits per heavy atom. The van der Waals surface area contributed by atoms with Crippen molar-refractivity contribution < 1.29 is 14.3 Å². The molecule has 1 aliphatic heterocycles. The average molecular weight is 318 g/mol. The van der Waals surface area contributed by atoms with Gasteiger partial charge < -0.3 is 14.5 Å². The molecule has 0 bridgehead atoms. The maximum atomic E-state index is 12.3. The Morgan fingerprint density at radius 2 is 1.74 bits per heavy atom. The summed E-state index contributed by atoms with van der Waals surface area (Å²) >= 11 is 0. The highest BCUT2D eigenvalue weighted by atomic mass is 16.5. The maximum Gasteiger partial charge on any atom is 0.260 e. The quantitative estimate of drug-likeness (QED) is 0.853. The highest BCUT2D eigenvalue weighted by molar-refractivity contribution is 5.80. The van der Waals surface area contributed by atoms with Gasteiger partial charge in [0.25, 0.3) is 5.91 Å². The molecule has 0 atom stereocenters. The van der Waals surface area contributed by atoms with Crippen LogP contribution >= 0.6 is 0 Å². The van der Waals surface area contributed by atoms with Crippen molar-refractivity contribution >= 4 is 11.8 Å². The SMILES string of the molecule is Cc1cccc(C)c1OCC(=O)N1CCC(C(=O)N(C)C)CC1. The molecule has 0 radical (unpaired) electrons. The fraction of sp³-hybridized carbons (Fsp3) is 0.556. The van der Waals surface area contributed by atoms with Crippen molar-refractivity contribution in [3.8, 4) is 5.75 Å². The summed E-state index contributed by atoms with van der Waals surface area (Å²) in [5.74, 6) is 0.972. The molecule has 2 rings (SSSR count). The van der Waals surface area contributed by atoms with Crippen LogP contribution in [0.1, 0.15) is 24.0 Å². The molecule has 0 unspecified atom stereocenters. The van der Waals surface area contributed by atoms with E-state index in [9.17, 15) is 9.59 Å². The minimum Gasteiger partial charge on any atom is -0.483 e. The Balaban J connectivity index is 1.85. The molecule has 126 valence electrons. The van der Waals surface area contributed by atoms with E-state index in [0.717, 1.165) is 29.7 Å². The molecule has 0 aliphatic carbocycles. The van der Waals surface area contributed by atoms with E-state index in [2.05, 4.69) is 0 Å². The number of para-hydroxylation sites is 1. The molecule has 1 aliphatic rings. The second kappa shape index (κ2) is 7.49. The maximum absolute atomic E-state index is 12.3. The van der Waals surface area contributed by atoms with Gasteiger partial charge in [-0.3, -0.25) is 9.59 Å². The first-order valence-electron chi connectivity index (χ1n) is 8.08. The third-order valence-corrected chi connectivity index (χ3v) is 4.39. The third-order valence-electron chi connectivity index (χ3n) is 4.39. The smallest absolute Gasteiger partial charge is 0.260 e. The molecule has 2 amide bonds. The van der Waals surface area contributed by atoms with Crippen molar-refractivity contribution in [3.05, 3.63) is 29.3 Å². The lowest BCUT2D eigenvalue weighted by Gasteiger charge is -2.32. The molecule has 0 aromatic heterocycles. The van der Waals surface area contributed by atoms with E-state index >= 15 is 0 Å². The first kappa shape index (κ1) is 17.3. The van der Waals surface area contributed by atoms with Gasteiger partial charge in [0.2, 0.25) is 5.91 Å². The third kappa shape index (κ3) is 4.24. The molecule has 1 aromatic rings. The number of likely N-dealkylation sites (tertiary alicyclic amines) is 1. The van der Waals surface area contributed by atoms with Crippen molar-refractivity contribution in [1.82, 2.24) is 9.80 Å². The van der Waals surface area contributed by atoms with E-state index in [-0.39, 0.29) is 24.3 Å². The van der Waals surface area contributed by atoms with E-state index < -0.39 is 0 Å². The Kier molecular flexibility index (Phi) is 5.64. The van der Waals surface area contributed by atoms with E-state index in [0.29, 0.717) is 13.1 Å². The normalized spacial score (nSPS) is 15.4. The second-order valence-corrected chi connectivity index (χ2v) is 6.40. The zero-order valence-corrected chi connectivity index (χ0v) is 14.5. The zero-order valence-electron chi connectivity index (χ0n) is 14.5. The fourth-order valence-electron chi connectivity index (χ4n) is 2.99. The number of amides is 2. The highest BCUT2D eigenvalue weighted by Gasteiger charge is 2.28. The minimum atomic E-state index is -0.0107. The van der Waals surface area contributed by atoms with Gasteiger partial charge in [0.05, 0.1) is 0 Å². The Morgan fingerprint density at radius 1 is 1.17 bits per heavy atom. The van der Waals surface area contributed by atoms with Crippen LogP contribution in [0.5, 0.6) is 5.75 Å². The Hall–Kier alpha value is -2.04. The van der Waals surface area contributed by atoms with Gasteiger partial charge in [-0.25, -0.2) is 0 Å². The van der Waals surface area contributed by atoms with Crippen LogP contribution in [-0.4, -0.2) is 55.4 Å². The lowest BCUT2D eigenvalue weighted by atomic mass is 9.95. The largest absolute Gasteiger partial charge is 0.483 e. The Labute approximate surface area is 138 Å². The summed E-state index contributed by atoms with van der Waals surface area (Å²) in [6.07, 6.45) is 1.46. The monoisotopic (exact) mass is 318 g/mol. The molecular formula is C18H26N2O3. The molecule has 5 heteroatoms. The van der Waals surface area contributed by atoms with Gasteiger partial charge in [-0.1, -0.05) is 18.2 Å². The number of rotatable bonds is 4. The van der Waals surface area contributed by atoms with Crippen LogP contribution in [0.4, 0.5) is 0 Å². The van der Waals surface area contributed by atoms with Crippen LogP contribution in [0.2, 0.25) is 0 Å². The second-order valence-electron chi connectivity index (χ2n) is 6.40. The van der Waals surface area contributed by atoms with Crippen LogP contribution in [0.15, 0.2) is 18.2 Å². The summed E-state index contributed by atoms with van der Waals surface area (Å²) in [5, 5.41) is 0. The van der Waals surface area contributed by atoms with E-state index in [1.165, 1.54) is 0 Å². The first-order valence-corrected chi connectivity index (χ1v) is 8.08. The number of benzene rings is 1. The average Bonchev–Trinajstić information content (AvgIpc) is 2.53. The van der Waals surface area contributed by atoms with Gasteiger partial charge in [0.1, 0.15) is 5.75 Å². The summed E-state index contributed by atoms with van der Waals surface area (Å²) in [7, 11) is 3.55. The van der Waals surface area contributed by atoms with Crippen molar-refractivity contribution in [1.29, 1.82) is 0 Å². The number of carbonyl (C=O) groups is 2. The molecule has 1 fully saturated rings. The predicted octanol–water partition coefficient (Wildman–Crippen LogP) is 2.01. The van der Waals surface area contributed by atoms with Crippen molar-refractivity contribution in [3.63, 3.8) is 0 Å². The number of hydrogen-bond acceptors (Lipinski definition) is 3. The molecule has 1 saturated heterocycles. The Bertz CT molecular complexity index is 555. The van der Waals surface area contributed by atoms with E-state index in [4.69, 9.17) is 4.74 Å². The highest BCUT2D eigenvalue weighted by Crippen LogP contribution is 2.23. The van der Waals surface area contributed by atoms with Gasteiger partial charge in [-0.05, 0) is 37.8 Å². The molecule has 0 saturated carbocycles. The standard InChI is InChI=1S/C18H26N2O3/c1-13-6-5-7-14(2)17(13)23-12-16(21)20-10-8-15(9-11-20)18(22)19(3)4/h5-7,15H,8-12H2,1-4H3. The van der Waals surface area contributed by atoms with Gasteiger partial charge in [-0.15, -0.1) is 0 Å². The number of nitrogens with zero attached hydrogens (tertiary/aromatic N) is 2. The van der Waals surface area contributed by atoms with Crippen molar-refractivity contribution in [2.75, 3.05) is 33.8 Å². The first-order chi connectivity index (χ1) is 10.9. The molecule has 0 spiro atoms. The summed E-state index contributed by atoms with van der Waals surface area (Å²) < 4.78 is 5.73. The van der Waals surface area contributed by atoms with Gasteiger partial charge in [0, 0.05) is 33.1 Å². The fourth-order valence-corrected chi connectivity index (χ4v) is 2.99. The van der Waals surface area contributed by atoms with Crippen molar-refractivity contribution in [2.24, 2.45) is 5.92 Å². The summed E-state index contributed by atoms with van der Waals surface area (Å²) in [4.78, 5) is 27.7.